The molecule has 0 radical (unpaired) electrons. The molecule has 2 aromatic carbocycles. The van der Waals surface area contributed by atoms with Crippen molar-refractivity contribution in [2.75, 3.05) is 12.4 Å². The van der Waals surface area contributed by atoms with Gasteiger partial charge in [-0.25, -0.2) is 0 Å². The van der Waals surface area contributed by atoms with Gasteiger partial charge in [-0.05, 0) is 43.2 Å². The van der Waals surface area contributed by atoms with E-state index in [4.69, 9.17) is 4.74 Å². The Bertz CT molecular complexity index is 849. The first-order chi connectivity index (χ1) is 10.6. The zero-order valence-corrected chi connectivity index (χ0v) is 12.9. The van der Waals surface area contributed by atoms with E-state index in [1.165, 1.54) is 0 Å². The monoisotopic (exact) mass is 294 g/mol. The van der Waals surface area contributed by atoms with Crippen LogP contribution in [-0.4, -0.2) is 18.0 Å². The zero-order chi connectivity index (χ0) is 15.7. The van der Waals surface area contributed by atoms with Crippen molar-refractivity contribution in [1.29, 1.82) is 0 Å². The van der Waals surface area contributed by atoms with Crippen molar-refractivity contribution in [2.24, 2.45) is 0 Å². The molecular weight excluding hydrogens is 276 g/mol. The Morgan fingerprint density at radius 2 is 2.00 bits per heavy atom. The number of methoxy groups -OCH3 is 1. The highest BCUT2D eigenvalue weighted by molar-refractivity contribution is 6.13. The molecule has 0 atom stereocenters. The number of aromatic amines is 1. The second kappa shape index (κ2) is 5.56. The average molecular weight is 294 g/mol. The number of H-pyrrole nitrogens is 1. The second-order valence-electron chi connectivity index (χ2n) is 5.32. The molecule has 4 nitrogen and oxygen atoms in total. The van der Waals surface area contributed by atoms with Gasteiger partial charge in [0, 0.05) is 28.9 Å². The normalized spacial score (nSPS) is 10.7. The van der Waals surface area contributed by atoms with Crippen LogP contribution in [0.2, 0.25) is 0 Å². The molecule has 0 aliphatic rings. The predicted molar refractivity (Wildman–Crippen MR) is 88.7 cm³/mol. The van der Waals surface area contributed by atoms with Crippen LogP contribution in [0.25, 0.3) is 10.9 Å². The molecule has 3 aromatic rings. The molecule has 0 saturated carbocycles. The molecule has 22 heavy (non-hydrogen) atoms. The fourth-order valence-corrected chi connectivity index (χ4v) is 2.50. The fraction of sp³-hybridized carbons (Fsp3) is 0.167. The number of aryl methyl sites for hydroxylation is 1. The Kier molecular flexibility index (Phi) is 3.59. The van der Waals surface area contributed by atoms with E-state index in [-0.39, 0.29) is 5.91 Å². The molecular formula is C18H18N2O2. The van der Waals surface area contributed by atoms with Gasteiger partial charge in [0.15, 0.2) is 0 Å². The number of anilines is 1. The first-order valence-electron chi connectivity index (χ1n) is 7.13. The van der Waals surface area contributed by atoms with Crippen molar-refractivity contribution in [3.63, 3.8) is 0 Å². The zero-order valence-electron chi connectivity index (χ0n) is 12.9. The van der Waals surface area contributed by atoms with Gasteiger partial charge in [0.2, 0.25) is 0 Å². The number of rotatable bonds is 3. The van der Waals surface area contributed by atoms with Gasteiger partial charge in [0.25, 0.3) is 5.91 Å². The standard InChI is InChI=1S/C18H18N2O2/c1-11-5-4-6-16(12(11)2)20-18(21)15-10-19-17-9-13(22-3)7-8-14(15)17/h4-10,19H,1-3H3,(H,20,21). The Hall–Kier alpha value is -2.75. The summed E-state index contributed by atoms with van der Waals surface area (Å²) in [6, 6.07) is 11.5. The molecule has 0 aliphatic carbocycles. The van der Waals surface area contributed by atoms with Crippen molar-refractivity contribution in [1.82, 2.24) is 4.98 Å². The molecule has 0 spiro atoms. The molecule has 2 N–H and O–H groups in total. The molecule has 0 unspecified atom stereocenters. The van der Waals surface area contributed by atoms with E-state index in [2.05, 4.69) is 10.3 Å². The third-order valence-electron chi connectivity index (χ3n) is 3.99. The lowest BCUT2D eigenvalue weighted by Gasteiger charge is -2.10. The van der Waals surface area contributed by atoms with Crippen molar-refractivity contribution < 1.29 is 9.53 Å². The van der Waals surface area contributed by atoms with Gasteiger partial charge < -0.3 is 15.0 Å². The SMILES string of the molecule is COc1ccc2c(C(=O)Nc3cccc(C)c3C)c[nH]c2c1. The maximum atomic E-state index is 12.5. The Morgan fingerprint density at radius 1 is 1.18 bits per heavy atom. The maximum absolute atomic E-state index is 12.5. The van der Waals surface area contributed by atoms with Crippen molar-refractivity contribution in [3.8, 4) is 5.75 Å². The highest BCUT2D eigenvalue weighted by Crippen LogP contribution is 2.25. The van der Waals surface area contributed by atoms with Crippen LogP contribution in [0.1, 0.15) is 21.5 Å². The van der Waals surface area contributed by atoms with E-state index >= 15 is 0 Å². The summed E-state index contributed by atoms with van der Waals surface area (Å²) in [4.78, 5) is 15.7. The number of ether oxygens (including phenoxy) is 1. The molecule has 0 fully saturated rings. The summed E-state index contributed by atoms with van der Waals surface area (Å²) >= 11 is 0. The van der Waals surface area contributed by atoms with Gasteiger partial charge in [-0.2, -0.15) is 0 Å². The Labute approximate surface area is 129 Å². The van der Waals surface area contributed by atoms with E-state index in [0.717, 1.165) is 33.5 Å². The van der Waals surface area contributed by atoms with Gasteiger partial charge in [-0.1, -0.05) is 12.1 Å². The molecule has 1 aromatic heterocycles. The predicted octanol–water partition coefficient (Wildman–Crippen LogP) is 4.05. The summed E-state index contributed by atoms with van der Waals surface area (Å²) < 4.78 is 5.20. The number of aromatic nitrogens is 1. The van der Waals surface area contributed by atoms with Crippen LogP contribution < -0.4 is 10.1 Å². The highest BCUT2D eigenvalue weighted by Gasteiger charge is 2.13. The number of hydrogen-bond donors (Lipinski definition) is 2. The number of carbonyl (C=O) groups excluding carboxylic acids is 1. The lowest BCUT2D eigenvalue weighted by Crippen LogP contribution is -2.12. The molecule has 1 heterocycles. The number of carbonyl (C=O) groups is 1. The molecule has 0 bridgehead atoms. The van der Waals surface area contributed by atoms with Crippen molar-refractivity contribution in [3.05, 3.63) is 59.3 Å². The minimum absolute atomic E-state index is 0.120. The van der Waals surface area contributed by atoms with Gasteiger partial charge in [-0.3, -0.25) is 4.79 Å². The summed E-state index contributed by atoms with van der Waals surface area (Å²) in [6.07, 6.45) is 1.73. The maximum Gasteiger partial charge on any atom is 0.257 e. The van der Waals surface area contributed by atoms with E-state index in [1.54, 1.807) is 13.3 Å². The second-order valence-corrected chi connectivity index (χ2v) is 5.32. The van der Waals surface area contributed by atoms with Crippen LogP contribution in [0, 0.1) is 13.8 Å². The van der Waals surface area contributed by atoms with Crippen molar-refractivity contribution >= 4 is 22.5 Å². The van der Waals surface area contributed by atoms with E-state index in [9.17, 15) is 4.79 Å². The lowest BCUT2D eigenvalue weighted by atomic mass is 10.1. The van der Waals surface area contributed by atoms with Gasteiger partial charge in [-0.15, -0.1) is 0 Å². The smallest absolute Gasteiger partial charge is 0.257 e. The van der Waals surface area contributed by atoms with Crippen LogP contribution in [-0.2, 0) is 0 Å². The van der Waals surface area contributed by atoms with Crippen LogP contribution >= 0.6 is 0 Å². The van der Waals surface area contributed by atoms with Crippen LogP contribution in [0.4, 0.5) is 5.69 Å². The van der Waals surface area contributed by atoms with E-state index in [1.807, 2.05) is 50.2 Å². The minimum Gasteiger partial charge on any atom is -0.497 e. The quantitative estimate of drug-likeness (QED) is 0.765. The third kappa shape index (κ3) is 2.44. The molecule has 112 valence electrons. The number of hydrogen-bond acceptors (Lipinski definition) is 2. The van der Waals surface area contributed by atoms with Gasteiger partial charge in [0.1, 0.15) is 5.75 Å². The number of benzene rings is 2. The number of amides is 1. The third-order valence-corrected chi connectivity index (χ3v) is 3.99. The van der Waals surface area contributed by atoms with Crippen LogP contribution in [0.5, 0.6) is 5.75 Å². The Balaban J connectivity index is 1.94. The summed E-state index contributed by atoms with van der Waals surface area (Å²) in [6.45, 7) is 4.04. The summed E-state index contributed by atoms with van der Waals surface area (Å²) in [5.74, 6) is 0.640. The van der Waals surface area contributed by atoms with Crippen LogP contribution in [0.15, 0.2) is 42.6 Å². The first-order valence-corrected chi connectivity index (χ1v) is 7.13. The molecule has 4 heteroatoms. The van der Waals surface area contributed by atoms with E-state index in [0.29, 0.717) is 5.56 Å². The summed E-state index contributed by atoms with van der Waals surface area (Å²) in [5, 5.41) is 3.86. The van der Waals surface area contributed by atoms with Crippen molar-refractivity contribution in [2.45, 2.75) is 13.8 Å². The lowest BCUT2D eigenvalue weighted by molar-refractivity contribution is 0.102. The van der Waals surface area contributed by atoms with Gasteiger partial charge in [0.05, 0.1) is 12.7 Å². The number of fused-ring (bicyclic) bond motifs is 1. The fourth-order valence-electron chi connectivity index (χ4n) is 2.50. The summed E-state index contributed by atoms with van der Waals surface area (Å²) in [5.41, 5.74) is 4.58. The van der Waals surface area contributed by atoms with E-state index < -0.39 is 0 Å². The molecule has 1 amide bonds. The number of nitrogens with one attached hydrogen (secondary N) is 2. The largest absolute Gasteiger partial charge is 0.497 e. The highest BCUT2D eigenvalue weighted by atomic mass is 16.5. The van der Waals surface area contributed by atoms with Crippen LogP contribution in [0.3, 0.4) is 0 Å². The Morgan fingerprint density at radius 3 is 2.77 bits per heavy atom. The summed E-state index contributed by atoms with van der Waals surface area (Å²) in [7, 11) is 1.62. The molecule has 0 aliphatic heterocycles. The molecule has 0 saturated heterocycles. The minimum atomic E-state index is -0.120. The first kappa shape index (κ1) is 14.2. The molecule has 3 rings (SSSR count). The van der Waals surface area contributed by atoms with Gasteiger partial charge >= 0.3 is 0 Å². The topological polar surface area (TPSA) is 54.1 Å². The average Bonchev–Trinajstić information content (AvgIpc) is 2.94.